The molecule has 1 aromatic heterocycles. The Morgan fingerprint density at radius 1 is 1.00 bits per heavy atom. The summed E-state index contributed by atoms with van der Waals surface area (Å²) in [5, 5.41) is -0.315. The van der Waals surface area contributed by atoms with Gasteiger partial charge in [-0.15, -0.1) is 23.2 Å². The van der Waals surface area contributed by atoms with Gasteiger partial charge >= 0.3 is 6.18 Å². The van der Waals surface area contributed by atoms with Crippen molar-refractivity contribution in [2.24, 2.45) is 0 Å². The zero-order chi connectivity index (χ0) is 19.5. The number of rotatable bonds is 5. The predicted octanol–water partition coefficient (Wildman–Crippen LogP) is 7.55. The van der Waals surface area contributed by atoms with E-state index in [1.165, 1.54) is 24.5 Å². The van der Waals surface area contributed by atoms with E-state index in [4.69, 9.17) is 67.5 Å². The van der Waals surface area contributed by atoms with Gasteiger partial charge in [-0.1, -0.05) is 34.8 Å². The number of pyridine rings is 1. The van der Waals surface area contributed by atoms with E-state index in [0.29, 0.717) is 12.3 Å². The molecule has 3 nitrogen and oxygen atoms in total. The first-order chi connectivity index (χ1) is 12.1. The van der Waals surface area contributed by atoms with Crippen molar-refractivity contribution in [2.45, 2.75) is 11.0 Å². The number of aromatic nitrogens is 1. The summed E-state index contributed by atoms with van der Waals surface area (Å²) in [6.07, 6.45) is -1.40. The van der Waals surface area contributed by atoms with Gasteiger partial charge in [0.15, 0.2) is 5.75 Å². The van der Waals surface area contributed by atoms with Crippen LogP contribution in [0.5, 0.6) is 17.4 Å². The predicted molar refractivity (Wildman–Crippen MR) is 96.0 cm³/mol. The maximum Gasteiger partial charge on any atom is 0.417 e. The van der Waals surface area contributed by atoms with Crippen molar-refractivity contribution in [3.8, 4) is 17.4 Å². The molecular formula is C15H7Cl5F3NO2. The number of ether oxygens (including phenoxy) is 2. The number of halogens is 8. The Morgan fingerprint density at radius 2 is 1.62 bits per heavy atom. The van der Waals surface area contributed by atoms with Gasteiger partial charge < -0.3 is 9.47 Å². The van der Waals surface area contributed by atoms with Gasteiger partial charge in [-0.05, 0) is 12.1 Å². The largest absolute Gasteiger partial charge is 0.465 e. The third-order valence-electron chi connectivity index (χ3n) is 2.73. The van der Waals surface area contributed by atoms with Crippen LogP contribution in [0.25, 0.3) is 0 Å². The first kappa shape index (κ1) is 21.3. The molecule has 0 saturated carbocycles. The van der Waals surface area contributed by atoms with Crippen LogP contribution in [-0.2, 0) is 6.18 Å². The molecule has 1 aromatic carbocycles. The summed E-state index contributed by atoms with van der Waals surface area (Å²) in [6.45, 7) is 0. The highest BCUT2D eigenvalue weighted by atomic mass is 35.5. The highest BCUT2D eigenvalue weighted by Gasteiger charge is 2.32. The Labute approximate surface area is 171 Å². The van der Waals surface area contributed by atoms with E-state index in [1.807, 2.05) is 0 Å². The molecule has 0 aliphatic heterocycles. The highest BCUT2D eigenvalue weighted by molar-refractivity contribution is 6.45. The van der Waals surface area contributed by atoms with Crippen molar-refractivity contribution in [1.82, 2.24) is 4.98 Å². The van der Waals surface area contributed by atoms with Gasteiger partial charge in [0.25, 0.3) is 0 Å². The molecule has 0 saturated heterocycles. The van der Waals surface area contributed by atoms with Crippen LogP contribution < -0.4 is 9.47 Å². The average Bonchev–Trinajstić information content (AvgIpc) is 2.50. The fourth-order valence-electron chi connectivity index (χ4n) is 1.63. The minimum Gasteiger partial charge on any atom is -0.465 e. The number of benzene rings is 1. The van der Waals surface area contributed by atoms with Gasteiger partial charge in [0.1, 0.15) is 15.6 Å². The number of hydrogen-bond donors (Lipinski definition) is 0. The SMILES string of the molecule is FC(F)(F)c1cnc(Oc2c(Cl)cc(OC=CC(Cl)Cl)cc2Cl)c(Cl)c1. The fraction of sp³-hybridized carbons (Fsp3) is 0.133. The Kier molecular flexibility index (Phi) is 7.16. The molecule has 0 atom stereocenters. The molecule has 0 aliphatic rings. The molecule has 0 radical (unpaired) electrons. The highest BCUT2D eigenvalue weighted by Crippen LogP contribution is 2.41. The summed E-state index contributed by atoms with van der Waals surface area (Å²) in [4.78, 5) is 2.80. The lowest BCUT2D eigenvalue weighted by molar-refractivity contribution is -0.137. The van der Waals surface area contributed by atoms with Crippen LogP contribution in [-0.4, -0.2) is 9.82 Å². The summed E-state index contributed by atoms with van der Waals surface area (Å²) >= 11 is 28.9. The molecular weight excluding hydrogens is 460 g/mol. The van der Waals surface area contributed by atoms with Gasteiger partial charge in [0, 0.05) is 18.3 Å². The molecule has 11 heteroatoms. The molecule has 0 bridgehead atoms. The smallest absolute Gasteiger partial charge is 0.417 e. The number of hydrogen-bond acceptors (Lipinski definition) is 3. The lowest BCUT2D eigenvalue weighted by atomic mass is 10.3. The fourth-order valence-corrected chi connectivity index (χ4v) is 2.50. The Hall–Kier alpha value is -1.05. The van der Waals surface area contributed by atoms with E-state index >= 15 is 0 Å². The molecule has 0 N–H and O–H groups in total. The van der Waals surface area contributed by atoms with Crippen LogP contribution in [0.15, 0.2) is 36.7 Å². The molecule has 0 spiro atoms. The van der Waals surface area contributed by atoms with E-state index in [9.17, 15) is 13.2 Å². The van der Waals surface area contributed by atoms with E-state index in [1.54, 1.807) is 0 Å². The van der Waals surface area contributed by atoms with Gasteiger partial charge in [-0.25, -0.2) is 4.98 Å². The molecule has 1 heterocycles. The molecule has 26 heavy (non-hydrogen) atoms. The van der Waals surface area contributed by atoms with Crippen molar-refractivity contribution in [2.75, 3.05) is 0 Å². The van der Waals surface area contributed by atoms with Crippen LogP contribution in [0.1, 0.15) is 5.56 Å². The zero-order valence-corrected chi connectivity index (χ0v) is 16.1. The summed E-state index contributed by atoms with van der Waals surface area (Å²) in [6, 6.07) is 3.41. The summed E-state index contributed by atoms with van der Waals surface area (Å²) < 4.78 is 48.5. The Balaban J connectivity index is 2.25. The number of alkyl halides is 5. The van der Waals surface area contributed by atoms with Gasteiger partial charge in [-0.2, -0.15) is 13.2 Å². The molecule has 2 rings (SSSR count). The van der Waals surface area contributed by atoms with Gasteiger partial charge in [-0.3, -0.25) is 0 Å². The van der Waals surface area contributed by atoms with Crippen LogP contribution in [0.2, 0.25) is 15.1 Å². The first-order valence-electron chi connectivity index (χ1n) is 6.59. The van der Waals surface area contributed by atoms with Crippen molar-refractivity contribution in [3.05, 3.63) is 57.4 Å². The third-order valence-corrected chi connectivity index (χ3v) is 3.86. The second-order valence-corrected chi connectivity index (χ2v) is 6.99. The third kappa shape index (κ3) is 5.72. The lowest BCUT2D eigenvalue weighted by Crippen LogP contribution is -2.05. The normalized spacial score (nSPS) is 12.0. The molecule has 0 fully saturated rings. The van der Waals surface area contributed by atoms with E-state index < -0.39 is 16.6 Å². The quantitative estimate of drug-likeness (QED) is 0.336. The maximum absolute atomic E-state index is 12.6. The summed E-state index contributed by atoms with van der Waals surface area (Å²) in [7, 11) is 0. The first-order valence-corrected chi connectivity index (χ1v) is 8.59. The minimum absolute atomic E-state index is 0.0203. The minimum atomic E-state index is -4.58. The van der Waals surface area contributed by atoms with Crippen LogP contribution in [0, 0.1) is 0 Å². The molecule has 0 amide bonds. The standard InChI is InChI=1S/C15H7Cl5F3NO2/c16-9-4-8(25-2-1-12(19)20)5-10(17)13(9)26-14-11(18)3-7(6-24-14)15(21,22)23/h1-6,12H. The maximum atomic E-state index is 12.6. The summed E-state index contributed by atoms with van der Waals surface area (Å²) in [5.74, 6) is -0.0837. The lowest BCUT2D eigenvalue weighted by Gasteiger charge is -2.13. The topological polar surface area (TPSA) is 31.4 Å². The second-order valence-electron chi connectivity index (χ2n) is 4.61. The van der Waals surface area contributed by atoms with Crippen LogP contribution >= 0.6 is 58.0 Å². The van der Waals surface area contributed by atoms with E-state index in [0.717, 1.165) is 0 Å². The number of allylic oxidation sites excluding steroid dienone is 1. The van der Waals surface area contributed by atoms with E-state index in [2.05, 4.69) is 4.98 Å². The zero-order valence-electron chi connectivity index (χ0n) is 12.3. The van der Waals surface area contributed by atoms with Gasteiger partial charge in [0.2, 0.25) is 5.88 Å². The number of nitrogens with zero attached hydrogens (tertiary/aromatic N) is 1. The van der Waals surface area contributed by atoms with Crippen LogP contribution in [0.3, 0.4) is 0 Å². The molecule has 0 aliphatic carbocycles. The van der Waals surface area contributed by atoms with Crippen molar-refractivity contribution in [3.63, 3.8) is 0 Å². The second kappa shape index (κ2) is 8.76. The monoisotopic (exact) mass is 465 g/mol. The van der Waals surface area contributed by atoms with Crippen molar-refractivity contribution >= 4 is 58.0 Å². The molecule has 0 unspecified atom stereocenters. The van der Waals surface area contributed by atoms with E-state index in [-0.39, 0.29) is 32.4 Å². The molecule has 2 aromatic rings. The summed E-state index contributed by atoms with van der Waals surface area (Å²) in [5.41, 5.74) is -1.01. The average molecular weight is 467 g/mol. The Morgan fingerprint density at radius 3 is 2.12 bits per heavy atom. The Bertz CT molecular complexity index is 804. The van der Waals surface area contributed by atoms with Crippen molar-refractivity contribution < 1.29 is 22.6 Å². The van der Waals surface area contributed by atoms with Crippen molar-refractivity contribution in [1.29, 1.82) is 0 Å². The molecule has 140 valence electrons. The van der Waals surface area contributed by atoms with Gasteiger partial charge in [0.05, 0.1) is 21.9 Å². The van der Waals surface area contributed by atoms with Crippen LogP contribution in [0.4, 0.5) is 13.2 Å².